The second-order valence-corrected chi connectivity index (χ2v) is 11.2. The van der Waals surface area contributed by atoms with E-state index in [1.807, 2.05) is 10.3 Å². The summed E-state index contributed by atoms with van der Waals surface area (Å²) in [5.41, 5.74) is -0.0815. The first-order valence-corrected chi connectivity index (χ1v) is 13.8. The van der Waals surface area contributed by atoms with E-state index < -0.39 is 17.3 Å². The van der Waals surface area contributed by atoms with Gasteiger partial charge in [-0.3, -0.25) is 4.79 Å². The van der Waals surface area contributed by atoms with Crippen molar-refractivity contribution in [1.29, 1.82) is 0 Å². The minimum absolute atomic E-state index is 0.0689. The number of thiocarbonyl (C=S) groups is 1. The maximum Gasteiger partial charge on any atom is 0.421 e. The molecule has 2 aliphatic rings. The largest absolute Gasteiger partial charge is 0.421 e. The van der Waals surface area contributed by atoms with Crippen LogP contribution in [-0.2, 0) is 17.6 Å². The Labute approximate surface area is 235 Å². The number of halogens is 5. The average molecular weight is 602 g/mol. The molecule has 0 amide bonds. The van der Waals surface area contributed by atoms with Crippen molar-refractivity contribution in [2.45, 2.75) is 44.0 Å². The minimum Gasteiger partial charge on any atom is -0.387 e. The third-order valence-electron chi connectivity index (χ3n) is 6.64. The van der Waals surface area contributed by atoms with Gasteiger partial charge in [0.25, 0.3) is 5.56 Å². The van der Waals surface area contributed by atoms with Crippen molar-refractivity contribution in [2.24, 2.45) is 5.16 Å². The number of benzene rings is 1. The van der Waals surface area contributed by atoms with Crippen LogP contribution in [0.4, 0.5) is 13.2 Å². The van der Waals surface area contributed by atoms with Gasteiger partial charge >= 0.3 is 6.18 Å². The van der Waals surface area contributed by atoms with E-state index in [9.17, 15) is 18.0 Å². The molecule has 0 radical (unpaired) electrons. The van der Waals surface area contributed by atoms with Crippen LogP contribution >= 0.6 is 46.8 Å². The summed E-state index contributed by atoms with van der Waals surface area (Å²) in [6.45, 7) is 1.19. The van der Waals surface area contributed by atoms with Crippen molar-refractivity contribution >= 4 is 57.5 Å². The van der Waals surface area contributed by atoms with Gasteiger partial charge < -0.3 is 14.3 Å². The number of nitrogens with zero attached hydrogens (tertiary/aromatic N) is 4. The topological polar surface area (TPSA) is 59.7 Å². The van der Waals surface area contributed by atoms with E-state index in [4.69, 9.17) is 45.2 Å². The Morgan fingerprint density at radius 3 is 2.55 bits per heavy atom. The van der Waals surface area contributed by atoms with Crippen molar-refractivity contribution in [3.05, 3.63) is 84.1 Å². The first kappa shape index (κ1) is 27.1. The number of likely N-dealkylation sites (tertiary alicyclic amines) is 1. The Morgan fingerprint density at radius 2 is 1.87 bits per heavy atom. The Hall–Kier alpha value is -2.47. The molecule has 6 nitrogen and oxygen atoms in total. The van der Waals surface area contributed by atoms with Gasteiger partial charge in [-0.2, -0.15) is 13.2 Å². The molecule has 5 rings (SSSR count). The molecule has 0 N–H and O–H groups in total. The van der Waals surface area contributed by atoms with Gasteiger partial charge in [-0.1, -0.05) is 46.6 Å². The second kappa shape index (κ2) is 11.0. The number of oxime groups is 1. The Balaban J connectivity index is 1.18. The lowest BCUT2D eigenvalue weighted by atomic mass is 9.97. The van der Waals surface area contributed by atoms with Gasteiger partial charge in [0.15, 0.2) is 6.10 Å². The fraction of sp³-hybridized carbons (Fsp3) is 0.360. The lowest BCUT2D eigenvalue weighted by molar-refractivity contribution is -0.138. The monoisotopic (exact) mass is 600 g/mol. The molecular weight excluding hydrogens is 580 g/mol. The Kier molecular flexibility index (Phi) is 7.82. The van der Waals surface area contributed by atoms with E-state index in [1.165, 1.54) is 12.3 Å². The van der Waals surface area contributed by atoms with E-state index in [0.29, 0.717) is 40.1 Å². The van der Waals surface area contributed by atoms with Crippen LogP contribution < -0.4 is 5.56 Å². The molecule has 200 valence electrons. The summed E-state index contributed by atoms with van der Waals surface area (Å²) < 4.78 is 40.2. The van der Waals surface area contributed by atoms with Crippen LogP contribution in [0.3, 0.4) is 0 Å². The molecule has 0 saturated carbocycles. The standard InChI is InChI=1S/C25H21Cl2F3N4O2S2/c26-16-4-1-5-17(27)22(16)20-11-18(32-36-20)19-13-38-23(31-19)14-6-9-33(10-7-14)21(37)12-34-8-2-3-15(24(34)35)25(28,29)30/h1-5,8,13-14,20H,6-7,9-12H2. The molecule has 1 fully saturated rings. The highest BCUT2D eigenvalue weighted by Crippen LogP contribution is 2.39. The predicted molar refractivity (Wildman–Crippen MR) is 145 cm³/mol. The third-order valence-corrected chi connectivity index (χ3v) is 8.69. The first-order chi connectivity index (χ1) is 18.1. The number of alkyl halides is 3. The van der Waals surface area contributed by atoms with Crippen LogP contribution in [-0.4, -0.2) is 38.2 Å². The summed E-state index contributed by atoms with van der Waals surface area (Å²) in [6.07, 6.45) is -1.67. The van der Waals surface area contributed by atoms with Gasteiger partial charge in [-0.25, -0.2) is 4.98 Å². The van der Waals surface area contributed by atoms with Crippen LogP contribution in [0.2, 0.25) is 10.0 Å². The lowest BCUT2D eigenvalue weighted by Crippen LogP contribution is -2.40. The van der Waals surface area contributed by atoms with Crippen LogP contribution in [0.5, 0.6) is 0 Å². The third kappa shape index (κ3) is 5.61. The van der Waals surface area contributed by atoms with E-state index >= 15 is 0 Å². The first-order valence-electron chi connectivity index (χ1n) is 11.8. The highest BCUT2D eigenvalue weighted by atomic mass is 35.5. The predicted octanol–water partition coefficient (Wildman–Crippen LogP) is 6.70. The number of thiazole rings is 1. The van der Waals surface area contributed by atoms with Gasteiger partial charge in [0.05, 0.1) is 22.2 Å². The molecule has 4 heterocycles. The smallest absolute Gasteiger partial charge is 0.387 e. The summed E-state index contributed by atoms with van der Waals surface area (Å²) in [6, 6.07) is 7.30. The molecule has 0 aliphatic carbocycles. The lowest BCUT2D eigenvalue weighted by Gasteiger charge is -2.33. The minimum atomic E-state index is -4.70. The summed E-state index contributed by atoms with van der Waals surface area (Å²) in [5.74, 6) is 0.223. The van der Waals surface area contributed by atoms with Crippen molar-refractivity contribution in [3.8, 4) is 0 Å². The van der Waals surface area contributed by atoms with E-state index in [2.05, 4.69) is 5.16 Å². The van der Waals surface area contributed by atoms with Gasteiger partial charge in [-0.05, 0) is 37.1 Å². The Morgan fingerprint density at radius 1 is 1.16 bits per heavy atom. The van der Waals surface area contributed by atoms with Crippen molar-refractivity contribution in [2.75, 3.05) is 13.1 Å². The van der Waals surface area contributed by atoms with E-state index in [-0.39, 0.29) is 18.6 Å². The number of piperidine rings is 1. The fourth-order valence-corrected chi connectivity index (χ4v) is 6.57. The molecular formula is C25H21Cl2F3N4O2S2. The number of pyridine rings is 1. The van der Waals surface area contributed by atoms with Gasteiger partial charge in [0.2, 0.25) is 0 Å². The molecule has 0 spiro atoms. The number of hydrogen-bond acceptors (Lipinski definition) is 6. The zero-order chi connectivity index (χ0) is 27.0. The number of rotatable bonds is 5. The van der Waals surface area contributed by atoms with Crippen molar-refractivity contribution in [3.63, 3.8) is 0 Å². The zero-order valence-corrected chi connectivity index (χ0v) is 22.9. The molecule has 3 aromatic rings. The maximum absolute atomic E-state index is 13.1. The van der Waals surface area contributed by atoms with E-state index in [0.717, 1.165) is 39.9 Å². The van der Waals surface area contributed by atoms with Crippen molar-refractivity contribution < 1.29 is 18.0 Å². The SMILES string of the molecule is O=c1c(C(F)(F)F)cccn1CC(=S)N1CCC(c2nc(C3=NOC(c4c(Cl)cccc4Cl)C3)cs2)CC1. The normalized spacial score (nSPS) is 18.4. The highest BCUT2D eigenvalue weighted by molar-refractivity contribution is 7.80. The molecule has 1 saturated heterocycles. The number of aromatic nitrogens is 2. The quantitative estimate of drug-likeness (QED) is 0.305. The molecule has 2 aliphatic heterocycles. The molecule has 1 unspecified atom stereocenters. The van der Waals surface area contributed by atoms with E-state index in [1.54, 1.807) is 29.5 Å². The molecule has 2 aromatic heterocycles. The molecule has 0 bridgehead atoms. The zero-order valence-electron chi connectivity index (χ0n) is 19.8. The van der Waals surface area contributed by atoms with Crippen LogP contribution in [0, 0.1) is 0 Å². The molecule has 1 aromatic carbocycles. The fourth-order valence-electron chi connectivity index (χ4n) is 4.61. The molecule has 38 heavy (non-hydrogen) atoms. The van der Waals surface area contributed by atoms with Gasteiger partial charge in [0.1, 0.15) is 11.3 Å². The van der Waals surface area contributed by atoms with Crippen LogP contribution in [0.15, 0.2) is 51.9 Å². The van der Waals surface area contributed by atoms with Gasteiger partial charge in [-0.15, -0.1) is 11.3 Å². The molecule has 13 heteroatoms. The maximum atomic E-state index is 13.1. The summed E-state index contributed by atoms with van der Waals surface area (Å²) in [4.78, 5) is 25.1. The summed E-state index contributed by atoms with van der Waals surface area (Å²) >= 11 is 19.7. The summed E-state index contributed by atoms with van der Waals surface area (Å²) in [7, 11) is 0. The van der Waals surface area contributed by atoms with Gasteiger partial charge in [0, 0.05) is 52.6 Å². The molecule has 1 atom stereocenters. The number of hydrogen-bond donors (Lipinski definition) is 0. The second-order valence-electron chi connectivity index (χ2n) is 9.05. The van der Waals surface area contributed by atoms with Crippen LogP contribution in [0.1, 0.15) is 53.1 Å². The average Bonchev–Trinajstić information content (AvgIpc) is 3.55. The van der Waals surface area contributed by atoms with Crippen molar-refractivity contribution in [1.82, 2.24) is 14.5 Å². The Bertz CT molecular complexity index is 1430. The summed E-state index contributed by atoms with van der Waals surface area (Å²) in [5, 5.41) is 8.24. The highest BCUT2D eigenvalue weighted by Gasteiger charge is 2.35. The van der Waals surface area contributed by atoms with Crippen LogP contribution in [0.25, 0.3) is 0 Å².